The number of hydrogen-bond donors (Lipinski definition) is 0. The van der Waals surface area contributed by atoms with Crippen LogP contribution in [0.3, 0.4) is 0 Å². The number of rotatable bonds is 1. The molecule has 0 aliphatic rings. The number of fused-ring (bicyclic) bond motifs is 1. The lowest BCUT2D eigenvalue weighted by atomic mass is 10.1. The van der Waals surface area contributed by atoms with Crippen LogP contribution in [0.5, 0.6) is 0 Å². The molecular weight excluding hydrogens is 378 g/mol. The van der Waals surface area contributed by atoms with E-state index < -0.39 is 5.82 Å². The molecule has 2 aromatic carbocycles. The van der Waals surface area contributed by atoms with E-state index in [0.717, 1.165) is 5.56 Å². The third-order valence-electron chi connectivity index (χ3n) is 2.97. The Bertz CT molecular complexity index is 848. The summed E-state index contributed by atoms with van der Waals surface area (Å²) in [7, 11) is 0. The van der Waals surface area contributed by atoms with E-state index in [0.29, 0.717) is 26.3 Å². The van der Waals surface area contributed by atoms with E-state index in [1.165, 1.54) is 6.07 Å². The van der Waals surface area contributed by atoms with E-state index in [1.54, 1.807) is 12.1 Å². The fourth-order valence-electron chi connectivity index (χ4n) is 2.12. The molecule has 0 saturated heterocycles. The van der Waals surface area contributed by atoms with Crippen molar-refractivity contribution in [3.8, 4) is 11.4 Å². The minimum atomic E-state index is -0.455. The molecule has 2 nitrogen and oxygen atoms in total. The van der Waals surface area contributed by atoms with Gasteiger partial charge in [0, 0.05) is 20.4 Å². The van der Waals surface area contributed by atoms with E-state index in [1.807, 2.05) is 19.1 Å². The van der Waals surface area contributed by atoms with Gasteiger partial charge >= 0.3 is 0 Å². The highest BCUT2D eigenvalue weighted by Gasteiger charge is 2.13. The number of aryl methyl sites for hydroxylation is 1. The molecule has 0 fully saturated rings. The Morgan fingerprint density at radius 3 is 2.52 bits per heavy atom. The first-order valence-corrected chi connectivity index (χ1v) is 7.59. The monoisotopic (exact) mass is 384 g/mol. The lowest BCUT2D eigenvalue weighted by Crippen LogP contribution is -1.95. The van der Waals surface area contributed by atoms with Crippen molar-refractivity contribution in [3.63, 3.8) is 0 Å². The predicted molar refractivity (Wildman–Crippen MR) is 87.4 cm³/mol. The molecule has 0 N–H and O–H groups in total. The van der Waals surface area contributed by atoms with Crippen LogP contribution in [0, 0.1) is 12.7 Å². The molecule has 21 heavy (non-hydrogen) atoms. The van der Waals surface area contributed by atoms with Gasteiger partial charge in [-0.05, 0) is 42.8 Å². The maximum absolute atomic E-state index is 14.1. The van der Waals surface area contributed by atoms with E-state index in [2.05, 4.69) is 25.9 Å². The lowest BCUT2D eigenvalue weighted by molar-refractivity contribution is 0.636. The molecule has 0 bridgehead atoms. The molecule has 1 aromatic heterocycles. The molecule has 0 saturated carbocycles. The molecule has 3 rings (SSSR count). The van der Waals surface area contributed by atoms with Crippen LogP contribution in [0.4, 0.5) is 4.39 Å². The zero-order valence-corrected chi connectivity index (χ0v) is 13.9. The van der Waals surface area contributed by atoms with Gasteiger partial charge in [0.05, 0.1) is 0 Å². The van der Waals surface area contributed by atoms with Crippen molar-refractivity contribution in [1.29, 1.82) is 0 Å². The highest BCUT2D eigenvalue weighted by Crippen LogP contribution is 2.30. The first kappa shape index (κ1) is 14.7. The first-order valence-electron chi connectivity index (χ1n) is 6.04. The minimum absolute atomic E-state index is 0.186. The molecular formula is C15H8BrCl2FN2. The Morgan fingerprint density at radius 1 is 1.05 bits per heavy atom. The molecule has 0 aliphatic heterocycles. The van der Waals surface area contributed by atoms with E-state index in [4.69, 9.17) is 23.2 Å². The van der Waals surface area contributed by atoms with Gasteiger partial charge in [0.25, 0.3) is 0 Å². The summed E-state index contributed by atoms with van der Waals surface area (Å²) in [4.78, 5) is 8.52. The lowest BCUT2D eigenvalue weighted by Gasteiger charge is -2.07. The number of halogens is 4. The Hall–Kier alpha value is -1.23. The standard InChI is InChI=1S/C15H8BrCl2FN2/c1-7-2-8(4-10(17)3-7)15-20-13-11(14(18)21-15)5-9(16)6-12(13)19/h2-6H,1H3. The fourth-order valence-corrected chi connectivity index (χ4v) is 3.06. The summed E-state index contributed by atoms with van der Waals surface area (Å²) in [5, 5.41) is 1.24. The normalized spacial score (nSPS) is 11.1. The van der Waals surface area contributed by atoms with Gasteiger partial charge in [-0.25, -0.2) is 14.4 Å². The average molecular weight is 386 g/mol. The zero-order chi connectivity index (χ0) is 15.1. The Labute approximate surface area is 139 Å². The Kier molecular flexibility index (Phi) is 3.86. The third kappa shape index (κ3) is 2.89. The summed E-state index contributed by atoms with van der Waals surface area (Å²) >= 11 is 15.4. The minimum Gasteiger partial charge on any atom is -0.225 e. The SMILES string of the molecule is Cc1cc(Cl)cc(-c2nc(Cl)c3cc(Br)cc(F)c3n2)c1. The number of benzene rings is 2. The van der Waals surface area contributed by atoms with Gasteiger partial charge in [-0.2, -0.15) is 0 Å². The highest BCUT2D eigenvalue weighted by atomic mass is 79.9. The van der Waals surface area contributed by atoms with Crippen LogP contribution >= 0.6 is 39.1 Å². The summed E-state index contributed by atoms with van der Waals surface area (Å²) in [5.41, 5.74) is 1.85. The van der Waals surface area contributed by atoms with Crippen molar-refractivity contribution in [2.45, 2.75) is 6.92 Å². The molecule has 106 valence electrons. The van der Waals surface area contributed by atoms with Crippen LogP contribution in [0.1, 0.15) is 5.56 Å². The second kappa shape index (κ2) is 5.52. The molecule has 0 aliphatic carbocycles. The zero-order valence-electron chi connectivity index (χ0n) is 10.8. The first-order chi connectivity index (χ1) is 9.94. The van der Waals surface area contributed by atoms with Crippen LogP contribution in [0.2, 0.25) is 10.2 Å². The van der Waals surface area contributed by atoms with Crippen molar-refractivity contribution in [2.75, 3.05) is 0 Å². The number of hydrogen-bond acceptors (Lipinski definition) is 2. The molecule has 0 radical (unpaired) electrons. The summed E-state index contributed by atoms with van der Waals surface area (Å²) in [6.45, 7) is 1.91. The van der Waals surface area contributed by atoms with Crippen LogP contribution in [0.15, 0.2) is 34.8 Å². The van der Waals surface area contributed by atoms with E-state index in [9.17, 15) is 4.39 Å². The van der Waals surface area contributed by atoms with Crippen molar-refractivity contribution < 1.29 is 4.39 Å². The van der Waals surface area contributed by atoms with Crippen LogP contribution < -0.4 is 0 Å². The summed E-state index contributed by atoms with van der Waals surface area (Å²) in [6.07, 6.45) is 0. The maximum Gasteiger partial charge on any atom is 0.161 e. The maximum atomic E-state index is 14.1. The van der Waals surface area contributed by atoms with Crippen LogP contribution in [-0.4, -0.2) is 9.97 Å². The summed E-state index contributed by atoms with van der Waals surface area (Å²) < 4.78 is 14.7. The summed E-state index contributed by atoms with van der Waals surface area (Å²) in [6, 6.07) is 8.46. The molecule has 1 heterocycles. The highest BCUT2D eigenvalue weighted by molar-refractivity contribution is 9.10. The second-order valence-corrected chi connectivity index (χ2v) is 6.35. The van der Waals surface area contributed by atoms with Gasteiger partial charge in [0.15, 0.2) is 11.6 Å². The molecule has 0 spiro atoms. The fraction of sp³-hybridized carbons (Fsp3) is 0.0667. The van der Waals surface area contributed by atoms with Gasteiger partial charge in [-0.1, -0.05) is 39.1 Å². The van der Waals surface area contributed by atoms with Crippen molar-refractivity contribution in [1.82, 2.24) is 9.97 Å². The van der Waals surface area contributed by atoms with Gasteiger partial charge in [0.1, 0.15) is 10.7 Å². The van der Waals surface area contributed by atoms with Gasteiger partial charge < -0.3 is 0 Å². The predicted octanol–water partition coefficient (Wildman–Crippen LogP) is 5.81. The average Bonchev–Trinajstić information content (AvgIpc) is 2.38. The van der Waals surface area contributed by atoms with Gasteiger partial charge in [0.2, 0.25) is 0 Å². The van der Waals surface area contributed by atoms with Gasteiger partial charge in [-0.15, -0.1) is 0 Å². The molecule has 0 amide bonds. The number of nitrogens with zero attached hydrogens (tertiary/aromatic N) is 2. The topological polar surface area (TPSA) is 25.8 Å². The van der Waals surface area contributed by atoms with E-state index in [-0.39, 0.29) is 10.7 Å². The smallest absolute Gasteiger partial charge is 0.161 e. The third-order valence-corrected chi connectivity index (χ3v) is 3.94. The van der Waals surface area contributed by atoms with Gasteiger partial charge in [-0.3, -0.25) is 0 Å². The largest absolute Gasteiger partial charge is 0.225 e. The second-order valence-electron chi connectivity index (χ2n) is 4.64. The van der Waals surface area contributed by atoms with Crippen molar-refractivity contribution >= 4 is 50.0 Å². The van der Waals surface area contributed by atoms with Crippen LogP contribution in [0.25, 0.3) is 22.3 Å². The Morgan fingerprint density at radius 2 is 1.81 bits per heavy atom. The summed E-state index contributed by atoms with van der Waals surface area (Å²) in [5.74, 6) is -0.108. The molecule has 3 aromatic rings. The molecule has 0 unspecified atom stereocenters. The molecule has 6 heteroatoms. The van der Waals surface area contributed by atoms with Crippen molar-refractivity contribution in [3.05, 3.63) is 56.4 Å². The number of aromatic nitrogens is 2. The van der Waals surface area contributed by atoms with E-state index >= 15 is 0 Å². The van der Waals surface area contributed by atoms with Crippen LogP contribution in [-0.2, 0) is 0 Å². The quantitative estimate of drug-likeness (QED) is 0.493. The van der Waals surface area contributed by atoms with Crippen molar-refractivity contribution in [2.24, 2.45) is 0 Å². The Balaban J connectivity index is 2.30. The molecule has 0 atom stereocenters.